The molecule has 0 atom stereocenters. The van der Waals surface area contributed by atoms with Crippen molar-refractivity contribution in [3.8, 4) is 11.4 Å². The molecule has 0 aliphatic rings. The molecule has 0 radical (unpaired) electrons. The molecule has 4 heteroatoms. The molecule has 2 heterocycles. The molecule has 0 fully saturated rings. The summed E-state index contributed by atoms with van der Waals surface area (Å²) in [5.74, 6) is 0. The van der Waals surface area contributed by atoms with Crippen molar-refractivity contribution in [3.05, 3.63) is 83.4 Å². The summed E-state index contributed by atoms with van der Waals surface area (Å²) in [5, 5.41) is 0. The van der Waals surface area contributed by atoms with E-state index in [9.17, 15) is 0 Å². The number of hydrogen-bond donors (Lipinski definition) is 0. The van der Waals surface area contributed by atoms with E-state index in [1.54, 1.807) is 0 Å². The third-order valence-electron chi connectivity index (χ3n) is 5.93. The Morgan fingerprint density at radius 1 is 0.536 bits per heavy atom. The van der Waals surface area contributed by atoms with Gasteiger partial charge in [-0.3, -0.25) is 9.13 Å². The van der Waals surface area contributed by atoms with Gasteiger partial charge in [0, 0.05) is 0 Å². The van der Waals surface area contributed by atoms with Crippen molar-refractivity contribution in [2.45, 2.75) is 27.7 Å². The third-order valence-corrected chi connectivity index (χ3v) is 5.93. The van der Waals surface area contributed by atoms with Crippen LogP contribution in [0.2, 0.25) is 0 Å². The highest BCUT2D eigenvalue weighted by Gasteiger charge is 2.19. The highest BCUT2D eigenvalue weighted by molar-refractivity contribution is 5.81. The second kappa shape index (κ2) is 6.06. The lowest BCUT2D eigenvalue weighted by molar-refractivity contribution is 0.992. The fourth-order valence-electron chi connectivity index (χ4n) is 4.27. The second-order valence-electron chi connectivity index (χ2n) is 7.40. The topological polar surface area (TPSA) is 35.6 Å². The number of hydrogen-bond acceptors (Lipinski definition) is 2. The summed E-state index contributed by atoms with van der Waals surface area (Å²) in [7, 11) is 0. The standard InChI is InChI=1S/C24H22N4/c1-15-16(2)24(28-14-26-20-10-6-8-12-22(20)28)18(4)17(3)23(15)27-13-25-19-9-5-7-11-21(19)27/h5-14H,1-4H3. The molecule has 0 saturated heterocycles. The zero-order valence-electron chi connectivity index (χ0n) is 16.6. The highest BCUT2D eigenvalue weighted by Crippen LogP contribution is 2.34. The molecular weight excluding hydrogens is 344 g/mol. The van der Waals surface area contributed by atoms with E-state index in [-0.39, 0.29) is 0 Å². The molecule has 0 aliphatic heterocycles. The Labute approximate surface area is 164 Å². The van der Waals surface area contributed by atoms with Crippen LogP contribution in [0.5, 0.6) is 0 Å². The van der Waals surface area contributed by atoms with E-state index in [1.807, 2.05) is 24.8 Å². The van der Waals surface area contributed by atoms with Gasteiger partial charge < -0.3 is 0 Å². The van der Waals surface area contributed by atoms with E-state index in [4.69, 9.17) is 0 Å². The fourth-order valence-corrected chi connectivity index (χ4v) is 4.27. The monoisotopic (exact) mass is 366 g/mol. The van der Waals surface area contributed by atoms with Crippen LogP contribution >= 0.6 is 0 Å². The molecular formula is C24H22N4. The molecule has 4 nitrogen and oxygen atoms in total. The average molecular weight is 366 g/mol. The molecule has 5 rings (SSSR count). The van der Waals surface area contributed by atoms with Gasteiger partial charge in [0.2, 0.25) is 0 Å². The molecule has 0 unspecified atom stereocenters. The normalized spacial score (nSPS) is 11.6. The smallest absolute Gasteiger partial charge is 0.100 e. The quantitative estimate of drug-likeness (QED) is 0.408. The van der Waals surface area contributed by atoms with E-state index in [2.05, 4.69) is 83.2 Å². The lowest BCUT2D eigenvalue weighted by Gasteiger charge is -2.22. The van der Waals surface area contributed by atoms with Crippen LogP contribution in [-0.4, -0.2) is 19.1 Å². The van der Waals surface area contributed by atoms with Gasteiger partial charge in [0.15, 0.2) is 0 Å². The van der Waals surface area contributed by atoms with Crippen molar-refractivity contribution in [1.29, 1.82) is 0 Å². The molecule has 0 bridgehead atoms. The van der Waals surface area contributed by atoms with Gasteiger partial charge in [-0.15, -0.1) is 0 Å². The SMILES string of the molecule is Cc1c(C)c(-n2cnc3ccccc32)c(C)c(C)c1-n1cnc2ccccc21. The summed E-state index contributed by atoms with van der Waals surface area (Å²) in [4.78, 5) is 9.20. The number of aromatic nitrogens is 4. The Morgan fingerprint density at radius 2 is 0.893 bits per heavy atom. The molecule has 3 aromatic carbocycles. The summed E-state index contributed by atoms with van der Waals surface area (Å²) >= 11 is 0. The molecule has 0 spiro atoms. The predicted octanol–water partition coefficient (Wildman–Crippen LogP) is 5.60. The van der Waals surface area contributed by atoms with Crippen LogP contribution in [0.3, 0.4) is 0 Å². The van der Waals surface area contributed by atoms with E-state index >= 15 is 0 Å². The van der Waals surface area contributed by atoms with Gasteiger partial charge in [0.1, 0.15) is 12.7 Å². The molecule has 0 amide bonds. The molecule has 28 heavy (non-hydrogen) atoms. The van der Waals surface area contributed by atoms with Crippen molar-refractivity contribution in [2.24, 2.45) is 0 Å². The van der Waals surface area contributed by atoms with Gasteiger partial charge in [0.05, 0.1) is 33.4 Å². The zero-order chi connectivity index (χ0) is 19.4. The van der Waals surface area contributed by atoms with E-state index < -0.39 is 0 Å². The number of fused-ring (bicyclic) bond motifs is 2. The first-order valence-corrected chi connectivity index (χ1v) is 9.53. The van der Waals surface area contributed by atoms with Gasteiger partial charge in [-0.2, -0.15) is 0 Å². The first-order valence-electron chi connectivity index (χ1n) is 9.53. The van der Waals surface area contributed by atoms with Crippen molar-refractivity contribution in [1.82, 2.24) is 19.1 Å². The fraction of sp³-hybridized carbons (Fsp3) is 0.167. The van der Waals surface area contributed by atoms with Gasteiger partial charge in [0.25, 0.3) is 0 Å². The van der Waals surface area contributed by atoms with Gasteiger partial charge >= 0.3 is 0 Å². The van der Waals surface area contributed by atoms with Crippen LogP contribution in [0.15, 0.2) is 61.2 Å². The maximum Gasteiger partial charge on any atom is 0.100 e. The summed E-state index contributed by atoms with van der Waals surface area (Å²) in [6.07, 6.45) is 3.87. The van der Waals surface area contributed by atoms with Crippen molar-refractivity contribution < 1.29 is 0 Å². The van der Waals surface area contributed by atoms with Crippen LogP contribution < -0.4 is 0 Å². The summed E-state index contributed by atoms with van der Waals surface area (Å²) in [6, 6.07) is 16.6. The lowest BCUT2D eigenvalue weighted by atomic mass is 9.95. The highest BCUT2D eigenvalue weighted by atomic mass is 15.1. The Bertz CT molecular complexity index is 1220. The lowest BCUT2D eigenvalue weighted by Crippen LogP contribution is -2.09. The molecule has 5 aromatic rings. The first kappa shape index (κ1) is 16.8. The Kier molecular flexibility index (Phi) is 3.63. The van der Waals surface area contributed by atoms with E-state index in [1.165, 1.54) is 33.6 Å². The Balaban J connectivity index is 1.82. The number of benzene rings is 3. The largest absolute Gasteiger partial charge is 0.298 e. The minimum atomic E-state index is 1.02. The van der Waals surface area contributed by atoms with E-state index in [0.717, 1.165) is 22.1 Å². The third kappa shape index (κ3) is 2.24. The summed E-state index contributed by atoms with van der Waals surface area (Å²) < 4.78 is 4.44. The number of nitrogens with zero attached hydrogens (tertiary/aromatic N) is 4. The van der Waals surface area contributed by atoms with E-state index in [0.29, 0.717) is 0 Å². The van der Waals surface area contributed by atoms with Gasteiger partial charge in [-0.25, -0.2) is 9.97 Å². The van der Waals surface area contributed by atoms with Crippen LogP contribution in [0.4, 0.5) is 0 Å². The van der Waals surface area contributed by atoms with Crippen LogP contribution in [0, 0.1) is 27.7 Å². The van der Waals surface area contributed by atoms with Crippen LogP contribution in [0.25, 0.3) is 33.4 Å². The minimum Gasteiger partial charge on any atom is -0.298 e. The summed E-state index contributed by atoms with van der Waals surface area (Å²) in [5.41, 5.74) is 11.8. The molecule has 138 valence electrons. The molecule has 0 aliphatic carbocycles. The number of imidazole rings is 2. The Morgan fingerprint density at radius 3 is 1.29 bits per heavy atom. The molecule has 2 aromatic heterocycles. The number of rotatable bonds is 2. The first-order chi connectivity index (χ1) is 13.6. The second-order valence-corrected chi connectivity index (χ2v) is 7.40. The molecule has 0 N–H and O–H groups in total. The average Bonchev–Trinajstić information content (AvgIpc) is 3.32. The molecule has 0 saturated carbocycles. The minimum absolute atomic E-state index is 1.02. The van der Waals surface area contributed by atoms with Crippen molar-refractivity contribution in [2.75, 3.05) is 0 Å². The number of para-hydroxylation sites is 4. The zero-order valence-corrected chi connectivity index (χ0v) is 16.6. The van der Waals surface area contributed by atoms with Gasteiger partial charge in [-0.1, -0.05) is 24.3 Å². The summed E-state index contributed by atoms with van der Waals surface area (Å²) in [6.45, 7) is 8.81. The van der Waals surface area contributed by atoms with Crippen molar-refractivity contribution in [3.63, 3.8) is 0 Å². The van der Waals surface area contributed by atoms with Crippen molar-refractivity contribution >= 4 is 22.1 Å². The maximum absolute atomic E-state index is 4.60. The predicted molar refractivity (Wildman–Crippen MR) is 115 cm³/mol. The van der Waals surface area contributed by atoms with Gasteiger partial charge in [-0.05, 0) is 74.2 Å². The maximum atomic E-state index is 4.60. The van der Waals surface area contributed by atoms with Crippen LogP contribution in [0.1, 0.15) is 22.3 Å². The van der Waals surface area contributed by atoms with Crippen LogP contribution in [-0.2, 0) is 0 Å². The Hall–Kier alpha value is -3.40.